The first-order valence-corrected chi connectivity index (χ1v) is 7.54. The molecule has 2 rings (SSSR count). The highest BCUT2D eigenvalue weighted by Crippen LogP contribution is 2.29. The van der Waals surface area contributed by atoms with Gasteiger partial charge in [0, 0.05) is 11.8 Å². The van der Waals surface area contributed by atoms with Crippen molar-refractivity contribution < 1.29 is 14.2 Å². The first-order valence-electron chi connectivity index (χ1n) is 7.54. The Kier molecular flexibility index (Phi) is 6.42. The fourth-order valence-corrected chi connectivity index (χ4v) is 2.07. The van der Waals surface area contributed by atoms with E-state index in [9.17, 15) is 0 Å². The summed E-state index contributed by atoms with van der Waals surface area (Å²) in [7, 11) is 1.61. The van der Waals surface area contributed by atoms with Gasteiger partial charge in [0.25, 0.3) is 0 Å². The number of hydrogen-bond donors (Lipinski definition) is 1. The van der Waals surface area contributed by atoms with Crippen LogP contribution in [0.25, 0.3) is 0 Å². The Labute approximate surface area is 131 Å². The normalized spacial score (nSPS) is 10.2. The molecule has 0 aliphatic heterocycles. The van der Waals surface area contributed by atoms with E-state index in [0.29, 0.717) is 18.0 Å². The van der Waals surface area contributed by atoms with Crippen LogP contribution in [-0.2, 0) is 0 Å². The molecule has 0 unspecified atom stereocenters. The maximum absolute atomic E-state index is 5.73. The summed E-state index contributed by atoms with van der Waals surface area (Å²) in [6.45, 7) is 1.39. The van der Waals surface area contributed by atoms with E-state index in [1.165, 1.54) is 0 Å². The van der Waals surface area contributed by atoms with E-state index in [1.807, 2.05) is 42.5 Å². The first kappa shape index (κ1) is 16.0. The molecule has 0 atom stereocenters. The molecule has 0 aliphatic carbocycles. The van der Waals surface area contributed by atoms with Crippen LogP contribution in [0.15, 0.2) is 48.5 Å². The maximum Gasteiger partial charge on any atom is 0.162 e. The Balaban J connectivity index is 1.59. The SMILES string of the molecule is COc1cc(N)ccc1OCCCCCOc1ccccc1. The van der Waals surface area contributed by atoms with Crippen LogP contribution < -0.4 is 19.9 Å². The van der Waals surface area contributed by atoms with Crippen LogP contribution in [0.2, 0.25) is 0 Å². The number of anilines is 1. The van der Waals surface area contributed by atoms with Gasteiger partial charge in [-0.05, 0) is 43.5 Å². The molecule has 0 amide bonds. The van der Waals surface area contributed by atoms with E-state index in [4.69, 9.17) is 19.9 Å². The van der Waals surface area contributed by atoms with Crippen LogP contribution >= 0.6 is 0 Å². The second-order valence-electron chi connectivity index (χ2n) is 4.98. The van der Waals surface area contributed by atoms with E-state index in [-0.39, 0.29) is 0 Å². The third-order valence-corrected chi connectivity index (χ3v) is 3.25. The van der Waals surface area contributed by atoms with E-state index in [2.05, 4.69) is 0 Å². The van der Waals surface area contributed by atoms with E-state index >= 15 is 0 Å². The van der Waals surface area contributed by atoms with Gasteiger partial charge >= 0.3 is 0 Å². The maximum atomic E-state index is 5.73. The van der Waals surface area contributed by atoms with E-state index in [1.54, 1.807) is 13.2 Å². The summed E-state index contributed by atoms with van der Waals surface area (Å²) in [6, 6.07) is 15.3. The average Bonchev–Trinajstić information content (AvgIpc) is 2.56. The first-order chi connectivity index (χ1) is 10.8. The third-order valence-electron chi connectivity index (χ3n) is 3.25. The fourth-order valence-electron chi connectivity index (χ4n) is 2.07. The third kappa shape index (κ3) is 5.20. The molecule has 4 heteroatoms. The van der Waals surface area contributed by atoms with Gasteiger partial charge in [-0.3, -0.25) is 0 Å². The lowest BCUT2D eigenvalue weighted by molar-refractivity contribution is 0.270. The van der Waals surface area contributed by atoms with Crippen LogP contribution in [0, 0.1) is 0 Å². The molecule has 4 nitrogen and oxygen atoms in total. The molecule has 118 valence electrons. The summed E-state index contributed by atoms with van der Waals surface area (Å²) in [5.74, 6) is 2.33. The van der Waals surface area contributed by atoms with Gasteiger partial charge < -0.3 is 19.9 Å². The molecule has 2 aromatic carbocycles. The van der Waals surface area contributed by atoms with Gasteiger partial charge in [-0.15, -0.1) is 0 Å². The van der Waals surface area contributed by atoms with Crippen LogP contribution in [0.1, 0.15) is 19.3 Å². The van der Waals surface area contributed by atoms with Crippen molar-refractivity contribution in [1.82, 2.24) is 0 Å². The minimum atomic E-state index is 0.658. The molecule has 2 N–H and O–H groups in total. The van der Waals surface area contributed by atoms with Crippen molar-refractivity contribution in [2.24, 2.45) is 0 Å². The molecule has 22 heavy (non-hydrogen) atoms. The van der Waals surface area contributed by atoms with Crippen LogP contribution in [0.3, 0.4) is 0 Å². The zero-order chi connectivity index (χ0) is 15.6. The number of benzene rings is 2. The van der Waals surface area contributed by atoms with Crippen molar-refractivity contribution in [1.29, 1.82) is 0 Å². The van der Waals surface area contributed by atoms with Gasteiger partial charge in [0.15, 0.2) is 11.5 Å². The van der Waals surface area contributed by atoms with Crippen LogP contribution in [0.5, 0.6) is 17.2 Å². The molecule has 0 heterocycles. The lowest BCUT2D eigenvalue weighted by atomic mass is 10.2. The Morgan fingerprint density at radius 1 is 0.818 bits per heavy atom. The van der Waals surface area contributed by atoms with Crippen molar-refractivity contribution in [2.45, 2.75) is 19.3 Å². The zero-order valence-electron chi connectivity index (χ0n) is 13.0. The lowest BCUT2D eigenvalue weighted by Gasteiger charge is -2.11. The van der Waals surface area contributed by atoms with E-state index in [0.717, 1.165) is 37.4 Å². The summed E-state index contributed by atoms with van der Waals surface area (Å²) in [6.07, 6.45) is 3.05. The summed E-state index contributed by atoms with van der Waals surface area (Å²) < 4.78 is 16.6. The number of nitrogens with two attached hydrogens (primary N) is 1. The Morgan fingerprint density at radius 2 is 1.55 bits per heavy atom. The number of rotatable bonds is 9. The van der Waals surface area contributed by atoms with Gasteiger partial charge in [0.1, 0.15) is 5.75 Å². The molecule has 0 saturated carbocycles. The molecule has 0 aromatic heterocycles. The molecule has 0 fully saturated rings. The predicted molar refractivity (Wildman–Crippen MR) is 88.7 cm³/mol. The smallest absolute Gasteiger partial charge is 0.162 e. The minimum absolute atomic E-state index is 0.658. The fraction of sp³-hybridized carbons (Fsp3) is 0.333. The Morgan fingerprint density at radius 3 is 2.27 bits per heavy atom. The Hall–Kier alpha value is -2.36. The number of hydrogen-bond acceptors (Lipinski definition) is 4. The Bertz CT molecular complexity index is 558. The molecular formula is C18H23NO3. The van der Waals surface area contributed by atoms with Crippen molar-refractivity contribution in [2.75, 3.05) is 26.1 Å². The van der Waals surface area contributed by atoms with Gasteiger partial charge in [0.2, 0.25) is 0 Å². The molecular weight excluding hydrogens is 278 g/mol. The van der Waals surface area contributed by atoms with Crippen molar-refractivity contribution in [3.63, 3.8) is 0 Å². The summed E-state index contributed by atoms with van der Waals surface area (Å²) >= 11 is 0. The van der Waals surface area contributed by atoms with Crippen LogP contribution in [-0.4, -0.2) is 20.3 Å². The highest BCUT2D eigenvalue weighted by molar-refractivity contribution is 5.51. The molecule has 0 saturated heterocycles. The standard InChI is InChI=1S/C18H23NO3/c1-20-18-14-15(19)10-11-17(18)22-13-7-3-6-12-21-16-8-4-2-5-9-16/h2,4-5,8-11,14H,3,6-7,12-13,19H2,1H3. The lowest BCUT2D eigenvalue weighted by Crippen LogP contribution is -2.02. The summed E-state index contributed by atoms with van der Waals surface area (Å²) in [4.78, 5) is 0. The molecule has 0 spiro atoms. The van der Waals surface area contributed by atoms with Gasteiger partial charge in [-0.25, -0.2) is 0 Å². The number of nitrogen functional groups attached to an aromatic ring is 1. The molecule has 0 bridgehead atoms. The van der Waals surface area contributed by atoms with Crippen molar-refractivity contribution >= 4 is 5.69 Å². The van der Waals surface area contributed by atoms with Gasteiger partial charge in [0.05, 0.1) is 20.3 Å². The number of methoxy groups -OCH3 is 1. The van der Waals surface area contributed by atoms with Crippen LogP contribution in [0.4, 0.5) is 5.69 Å². The topological polar surface area (TPSA) is 53.7 Å². The van der Waals surface area contributed by atoms with Gasteiger partial charge in [-0.2, -0.15) is 0 Å². The average molecular weight is 301 g/mol. The number of para-hydroxylation sites is 1. The molecule has 2 aromatic rings. The second-order valence-corrected chi connectivity index (χ2v) is 4.98. The van der Waals surface area contributed by atoms with Crippen molar-refractivity contribution in [3.05, 3.63) is 48.5 Å². The van der Waals surface area contributed by atoms with E-state index < -0.39 is 0 Å². The highest BCUT2D eigenvalue weighted by Gasteiger charge is 2.04. The zero-order valence-corrected chi connectivity index (χ0v) is 13.0. The predicted octanol–water partition coefficient (Wildman–Crippen LogP) is 3.91. The minimum Gasteiger partial charge on any atom is -0.494 e. The number of unbranched alkanes of at least 4 members (excludes halogenated alkanes) is 2. The second kappa shape index (κ2) is 8.82. The quantitative estimate of drug-likeness (QED) is 0.563. The summed E-state index contributed by atoms with van der Waals surface area (Å²) in [5.41, 5.74) is 6.38. The highest BCUT2D eigenvalue weighted by atomic mass is 16.5. The van der Waals surface area contributed by atoms with Crippen molar-refractivity contribution in [3.8, 4) is 17.2 Å². The molecule has 0 radical (unpaired) electrons. The largest absolute Gasteiger partial charge is 0.494 e. The summed E-state index contributed by atoms with van der Waals surface area (Å²) in [5, 5.41) is 0. The molecule has 0 aliphatic rings. The van der Waals surface area contributed by atoms with Gasteiger partial charge in [-0.1, -0.05) is 18.2 Å². The monoisotopic (exact) mass is 301 g/mol. The number of ether oxygens (including phenoxy) is 3.